The lowest BCUT2D eigenvalue weighted by molar-refractivity contribution is 0.301. The number of hydrogen-bond acceptors (Lipinski definition) is 4. The van der Waals surface area contributed by atoms with E-state index in [0.717, 1.165) is 5.56 Å². The van der Waals surface area contributed by atoms with E-state index in [1.165, 1.54) is 4.57 Å². The number of unbranched alkanes of at least 4 members (excludes halogenated alkanes) is 1. The number of benzene rings is 2. The Morgan fingerprint density at radius 3 is 2.73 bits per heavy atom. The van der Waals surface area contributed by atoms with Crippen molar-refractivity contribution >= 4 is 34.1 Å². The van der Waals surface area contributed by atoms with Crippen LogP contribution < -0.4 is 16.1 Å². The summed E-state index contributed by atoms with van der Waals surface area (Å²) < 4.78 is 11.9. The van der Waals surface area contributed by atoms with Gasteiger partial charge >= 0.3 is 11.4 Å². The summed E-state index contributed by atoms with van der Waals surface area (Å²) in [6, 6.07) is 10.6. The van der Waals surface area contributed by atoms with Crippen LogP contribution in [0.15, 0.2) is 50.4 Å². The lowest BCUT2D eigenvalue weighted by Crippen LogP contribution is -2.25. The van der Waals surface area contributed by atoms with E-state index in [-0.39, 0.29) is 0 Å². The van der Waals surface area contributed by atoms with Crippen molar-refractivity contribution in [2.45, 2.75) is 26.3 Å². The molecule has 0 aliphatic carbocycles. The maximum absolute atomic E-state index is 12.0. The van der Waals surface area contributed by atoms with E-state index < -0.39 is 11.4 Å². The molecule has 0 radical (unpaired) electrons. The molecule has 0 fully saturated rings. The molecule has 3 rings (SSSR count). The van der Waals surface area contributed by atoms with Gasteiger partial charge in [0.05, 0.1) is 22.5 Å². The second kappa shape index (κ2) is 7.98. The summed E-state index contributed by atoms with van der Waals surface area (Å²) in [6.07, 6.45) is 1.37. The Kier molecular flexibility index (Phi) is 5.69. The van der Waals surface area contributed by atoms with Crippen LogP contribution in [0, 0.1) is 6.92 Å². The van der Waals surface area contributed by atoms with Gasteiger partial charge in [-0.2, -0.15) is 0 Å². The van der Waals surface area contributed by atoms with Gasteiger partial charge in [-0.25, -0.2) is 9.59 Å². The molecular formula is C19H17Cl2NO4. The van der Waals surface area contributed by atoms with Crippen molar-refractivity contribution in [2.24, 2.45) is 0 Å². The Balaban J connectivity index is 1.66. The third-order valence-electron chi connectivity index (χ3n) is 4.01. The van der Waals surface area contributed by atoms with Gasteiger partial charge < -0.3 is 9.15 Å². The van der Waals surface area contributed by atoms with Crippen LogP contribution in [0.1, 0.15) is 18.4 Å². The molecule has 136 valence electrons. The van der Waals surface area contributed by atoms with Gasteiger partial charge in [0.25, 0.3) is 0 Å². The number of halogens is 2. The second-order valence-corrected chi connectivity index (χ2v) is 6.72. The highest BCUT2D eigenvalue weighted by Crippen LogP contribution is 2.31. The van der Waals surface area contributed by atoms with Crippen LogP contribution in [0.4, 0.5) is 0 Å². The minimum atomic E-state index is -0.648. The fourth-order valence-electron chi connectivity index (χ4n) is 2.70. The van der Waals surface area contributed by atoms with E-state index >= 15 is 0 Å². The molecule has 0 aliphatic heterocycles. The first-order chi connectivity index (χ1) is 12.5. The molecule has 0 saturated carbocycles. The zero-order chi connectivity index (χ0) is 18.7. The second-order valence-electron chi connectivity index (χ2n) is 5.94. The molecule has 0 bridgehead atoms. The molecule has 0 spiro atoms. The number of rotatable bonds is 6. The van der Waals surface area contributed by atoms with Crippen LogP contribution in [0.3, 0.4) is 0 Å². The monoisotopic (exact) mass is 393 g/mol. The molecule has 0 saturated heterocycles. The van der Waals surface area contributed by atoms with Crippen molar-refractivity contribution in [3.05, 3.63) is 73.0 Å². The molecule has 0 N–H and O–H groups in total. The zero-order valence-electron chi connectivity index (χ0n) is 14.1. The fourth-order valence-corrected chi connectivity index (χ4v) is 3.04. The molecule has 7 heteroatoms. The summed E-state index contributed by atoms with van der Waals surface area (Å²) in [5, 5.41) is 1.24. The van der Waals surface area contributed by atoms with Crippen molar-refractivity contribution in [3.63, 3.8) is 0 Å². The van der Waals surface area contributed by atoms with Crippen LogP contribution in [0.2, 0.25) is 10.0 Å². The Morgan fingerprint density at radius 1 is 1.12 bits per heavy atom. The smallest absolute Gasteiger partial charge is 0.422 e. The third kappa shape index (κ3) is 3.94. The van der Waals surface area contributed by atoms with Crippen molar-refractivity contribution < 1.29 is 9.15 Å². The molecule has 2 aromatic carbocycles. The minimum Gasteiger partial charge on any atom is -0.492 e. The Morgan fingerprint density at radius 2 is 1.92 bits per heavy atom. The summed E-state index contributed by atoms with van der Waals surface area (Å²) in [6.45, 7) is 2.74. The number of nitrogens with zero attached hydrogens (tertiary/aromatic N) is 1. The van der Waals surface area contributed by atoms with Crippen molar-refractivity contribution in [3.8, 4) is 5.75 Å². The first kappa shape index (κ1) is 18.5. The summed E-state index contributed by atoms with van der Waals surface area (Å²) in [4.78, 5) is 23.9. The molecule has 0 aliphatic rings. The quantitative estimate of drug-likeness (QED) is 0.581. The lowest BCUT2D eigenvalue weighted by Gasteiger charge is -2.10. The van der Waals surface area contributed by atoms with Crippen LogP contribution in [-0.2, 0) is 6.54 Å². The summed E-state index contributed by atoms with van der Waals surface area (Å²) in [5.74, 6) is -0.117. The van der Waals surface area contributed by atoms with E-state index in [0.29, 0.717) is 52.7 Å². The number of aryl methyl sites for hydroxylation is 2. The topological polar surface area (TPSA) is 61.4 Å². The van der Waals surface area contributed by atoms with Crippen molar-refractivity contribution in [1.29, 1.82) is 0 Å². The molecule has 1 aromatic heterocycles. The lowest BCUT2D eigenvalue weighted by atomic mass is 10.1. The Labute approximate surface area is 159 Å². The summed E-state index contributed by atoms with van der Waals surface area (Å²) in [5.41, 5.74) is 0.904. The van der Waals surface area contributed by atoms with Gasteiger partial charge in [-0.15, -0.1) is 0 Å². The highest BCUT2D eigenvalue weighted by atomic mass is 35.5. The first-order valence-corrected chi connectivity index (χ1v) is 8.94. The average molecular weight is 394 g/mol. The molecule has 26 heavy (non-hydrogen) atoms. The third-order valence-corrected chi connectivity index (χ3v) is 4.81. The highest BCUT2D eigenvalue weighted by Gasteiger charge is 2.10. The molecule has 5 nitrogen and oxygen atoms in total. The van der Waals surface area contributed by atoms with E-state index in [1.54, 1.807) is 30.3 Å². The molecular weight excluding hydrogens is 377 g/mol. The Bertz CT molecular complexity index is 1060. The van der Waals surface area contributed by atoms with Gasteiger partial charge in [0, 0.05) is 6.54 Å². The summed E-state index contributed by atoms with van der Waals surface area (Å²) in [7, 11) is 0. The summed E-state index contributed by atoms with van der Waals surface area (Å²) >= 11 is 12.0. The maximum atomic E-state index is 12.0. The molecule has 0 unspecified atom stereocenters. The van der Waals surface area contributed by atoms with Crippen LogP contribution in [-0.4, -0.2) is 11.2 Å². The first-order valence-electron chi connectivity index (χ1n) is 8.18. The predicted octanol–water partition coefficient (Wildman–Crippen LogP) is 4.43. The van der Waals surface area contributed by atoms with Crippen molar-refractivity contribution in [2.75, 3.05) is 6.61 Å². The average Bonchev–Trinajstić information content (AvgIpc) is 2.61. The minimum absolute atomic E-state index is 0.386. The SMILES string of the molecule is Cc1ccc2c(c1)c(=O)oc(=O)n2CCCCOc1cccc(Cl)c1Cl. The number of aromatic nitrogens is 1. The van der Waals surface area contributed by atoms with Crippen LogP contribution in [0.5, 0.6) is 5.75 Å². The number of fused-ring (bicyclic) bond motifs is 1. The normalized spacial score (nSPS) is 11.0. The standard InChI is InChI=1S/C19H17Cl2NO4/c1-12-7-8-15-13(11-12)18(23)26-19(24)22(15)9-2-3-10-25-16-6-4-5-14(20)17(16)21/h4-8,11H,2-3,9-10H2,1H3. The van der Waals surface area contributed by atoms with E-state index in [1.807, 2.05) is 13.0 Å². The van der Waals surface area contributed by atoms with Gasteiger partial charge in [0.2, 0.25) is 0 Å². The Hall–Kier alpha value is -2.24. The predicted molar refractivity (Wildman–Crippen MR) is 103 cm³/mol. The van der Waals surface area contributed by atoms with E-state index in [9.17, 15) is 9.59 Å². The van der Waals surface area contributed by atoms with Gasteiger partial charge in [-0.05, 0) is 44.0 Å². The molecule has 3 aromatic rings. The van der Waals surface area contributed by atoms with Gasteiger partial charge in [0.15, 0.2) is 0 Å². The zero-order valence-corrected chi connectivity index (χ0v) is 15.6. The van der Waals surface area contributed by atoms with Crippen LogP contribution in [0.25, 0.3) is 10.9 Å². The van der Waals surface area contributed by atoms with E-state index in [4.69, 9.17) is 32.4 Å². The maximum Gasteiger partial charge on any atom is 0.422 e. The van der Waals surface area contributed by atoms with Gasteiger partial charge in [-0.1, -0.05) is 40.9 Å². The largest absolute Gasteiger partial charge is 0.492 e. The van der Waals surface area contributed by atoms with Crippen molar-refractivity contribution in [1.82, 2.24) is 4.57 Å². The van der Waals surface area contributed by atoms with Gasteiger partial charge in [0.1, 0.15) is 10.8 Å². The fraction of sp³-hybridized carbons (Fsp3) is 0.263. The molecule has 0 atom stereocenters. The number of hydrogen-bond donors (Lipinski definition) is 0. The molecule has 1 heterocycles. The van der Waals surface area contributed by atoms with E-state index in [2.05, 4.69) is 0 Å². The number of ether oxygens (including phenoxy) is 1. The van der Waals surface area contributed by atoms with Gasteiger partial charge in [-0.3, -0.25) is 4.57 Å². The highest BCUT2D eigenvalue weighted by molar-refractivity contribution is 6.42. The van der Waals surface area contributed by atoms with Crippen LogP contribution >= 0.6 is 23.2 Å². The molecule has 0 amide bonds.